The number of carbonyl (C=O) groups is 2. The second kappa shape index (κ2) is 10.5. The number of nitrogens with one attached hydrogen (secondary N) is 1. The average Bonchev–Trinajstić information content (AvgIpc) is 3.50. The maximum absolute atomic E-state index is 13.5. The van der Waals surface area contributed by atoms with Crippen molar-refractivity contribution in [3.63, 3.8) is 0 Å². The number of benzene rings is 2. The fraction of sp³-hybridized carbons (Fsp3) is 0.219. The molecule has 1 amide bonds. The maximum atomic E-state index is 13.5. The molecule has 6 nitrogen and oxygen atoms in total. The predicted octanol–water partition coefficient (Wildman–Crippen LogP) is 6.63. The fourth-order valence-corrected chi connectivity index (χ4v) is 5.15. The number of aromatic nitrogens is 3. The van der Waals surface area contributed by atoms with Crippen molar-refractivity contribution in [3.8, 4) is 11.1 Å². The molecule has 192 valence electrons. The second-order valence-electron chi connectivity index (χ2n) is 10.1. The Morgan fingerprint density at radius 2 is 1.68 bits per heavy atom. The lowest BCUT2D eigenvalue weighted by Crippen LogP contribution is -2.24. The highest BCUT2D eigenvalue weighted by Crippen LogP contribution is 2.29. The Morgan fingerprint density at radius 1 is 0.921 bits per heavy atom. The lowest BCUT2D eigenvalue weighted by atomic mass is 9.98. The van der Waals surface area contributed by atoms with E-state index < -0.39 is 11.7 Å². The van der Waals surface area contributed by atoms with Crippen LogP contribution in [0.2, 0.25) is 0 Å². The number of ketones is 1. The third-order valence-electron chi connectivity index (χ3n) is 6.99. The summed E-state index contributed by atoms with van der Waals surface area (Å²) in [6.07, 6.45) is 4.56. The molecule has 0 saturated carbocycles. The van der Waals surface area contributed by atoms with Crippen LogP contribution in [-0.2, 0) is 18.3 Å². The van der Waals surface area contributed by atoms with Crippen LogP contribution in [0.15, 0.2) is 91.3 Å². The Morgan fingerprint density at radius 3 is 2.42 bits per heavy atom. The lowest BCUT2D eigenvalue weighted by molar-refractivity contribution is -0.112. The van der Waals surface area contributed by atoms with E-state index in [1.165, 1.54) is 5.69 Å². The maximum Gasteiger partial charge on any atom is 0.298 e. The van der Waals surface area contributed by atoms with E-state index in [0.717, 1.165) is 34.5 Å². The van der Waals surface area contributed by atoms with E-state index in [1.807, 2.05) is 91.3 Å². The number of anilines is 1. The molecule has 3 aromatic heterocycles. The number of imidazole rings is 1. The summed E-state index contributed by atoms with van der Waals surface area (Å²) in [6.45, 7) is 6.46. The van der Waals surface area contributed by atoms with Crippen molar-refractivity contribution < 1.29 is 9.59 Å². The standard InChI is InChI=1S/C32H32N4O2/c1-21(2)31-33-20-28(35(31)4)22(3)17-23-11-10-14-25(18-23)34-32(38)30(37)29-27(24-12-6-5-7-13-24)19-26-15-8-9-16-36(26)29/h5-16,18-22H,17H2,1-4H3,(H,34,38). The summed E-state index contributed by atoms with van der Waals surface area (Å²) < 4.78 is 3.95. The Labute approximate surface area is 223 Å². The number of fused-ring (bicyclic) bond motifs is 1. The van der Waals surface area contributed by atoms with E-state index in [4.69, 9.17) is 0 Å². The van der Waals surface area contributed by atoms with Gasteiger partial charge in [0, 0.05) is 53.7 Å². The molecule has 1 unspecified atom stereocenters. The Balaban J connectivity index is 1.37. The molecule has 0 bridgehead atoms. The third kappa shape index (κ3) is 4.90. The van der Waals surface area contributed by atoms with Crippen LogP contribution < -0.4 is 5.32 Å². The Bertz CT molecular complexity index is 1610. The highest BCUT2D eigenvalue weighted by Gasteiger charge is 2.25. The first-order valence-electron chi connectivity index (χ1n) is 12.9. The molecule has 0 aliphatic carbocycles. The summed E-state index contributed by atoms with van der Waals surface area (Å²) in [6, 6.07) is 25.0. The van der Waals surface area contributed by atoms with E-state index in [1.54, 1.807) is 4.40 Å². The molecule has 0 radical (unpaired) electrons. The van der Waals surface area contributed by atoms with E-state index in [-0.39, 0.29) is 5.92 Å². The van der Waals surface area contributed by atoms with Gasteiger partial charge < -0.3 is 14.3 Å². The van der Waals surface area contributed by atoms with Gasteiger partial charge in [0.2, 0.25) is 0 Å². The van der Waals surface area contributed by atoms with Gasteiger partial charge in [0.25, 0.3) is 11.7 Å². The van der Waals surface area contributed by atoms with Gasteiger partial charge >= 0.3 is 0 Å². The molecule has 5 rings (SSSR count). The summed E-state index contributed by atoms with van der Waals surface area (Å²) in [7, 11) is 2.06. The summed E-state index contributed by atoms with van der Waals surface area (Å²) in [5.41, 5.74) is 5.68. The zero-order valence-corrected chi connectivity index (χ0v) is 22.2. The van der Waals surface area contributed by atoms with Crippen LogP contribution >= 0.6 is 0 Å². The third-order valence-corrected chi connectivity index (χ3v) is 6.99. The van der Waals surface area contributed by atoms with Crippen LogP contribution in [0, 0.1) is 0 Å². The van der Waals surface area contributed by atoms with Gasteiger partial charge in [0.15, 0.2) is 0 Å². The average molecular weight is 505 g/mol. The molecular formula is C32H32N4O2. The first kappa shape index (κ1) is 25.2. The van der Waals surface area contributed by atoms with Crippen molar-refractivity contribution in [2.45, 2.75) is 39.0 Å². The molecule has 2 aromatic carbocycles. The quantitative estimate of drug-likeness (QED) is 0.190. The van der Waals surface area contributed by atoms with Gasteiger partial charge in [-0.1, -0.05) is 69.3 Å². The first-order chi connectivity index (χ1) is 18.3. The largest absolute Gasteiger partial charge is 0.335 e. The van der Waals surface area contributed by atoms with Gasteiger partial charge in [0.05, 0.1) is 0 Å². The number of Topliss-reactive ketones (excluding diaryl/α,β-unsaturated/α-hetero) is 1. The van der Waals surface area contributed by atoms with E-state index in [0.29, 0.717) is 17.3 Å². The summed E-state index contributed by atoms with van der Waals surface area (Å²) in [5, 5.41) is 2.84. The molecular weight excluding hydrogens is 472 g/mol. The van der Waals surface area contributed by atoms with Crippen LogP contribution in [-0.4, -0.2) is 25.6 Å². The van der Waals surface area contributed by atoms with Crippen molar-refractivity contribution in [1.82, 2.24) is 14.0 Å². The molecule has 1 N–H and O–H groups in total. The Hall–Kier alpha value is -4.45. The monoisotopic (exact) mass is 504 g/mol. The van der Waals surface area contributed by atoms with Crippen LogP contribution in [0.3, 0.4) is 0 Å². The van der Waals surface area contributed by atoms with E-state index in [2.05, 4.69) is 42.7 Å². The number of nitrogens with zero attached hydrogens (tertiary/aromatic N) is 3. The molecule has 0 spiro atoms. The van der Waals surface area contributed by atoms with Gasteiger partial charge in [0.1, 0.15) is 11.5 Å². The lowest BCUT2D eigenvalue weighted by Gasteiger charge is -2.15. The molecule has 6 heteroatoms. The fourth-order valence-electron chi connectivity index (χ4n) is 5.15. The molecule has 3 heterocycles. The van der Waals surface area contributed by atoms with Crippen LogP contribution in [0.25, 0.3) is 16.6 Å². The number of hydrogen-bond acceptors (Lipinski definition) is 3. The van der Waals surface area contributed by atoms with Gasteiger partial charge in [-0.05, 0) is 47.9 Å². The van der Waals surface area contributed by atoms with Crippen molar-refractivity contribution in [3.05, 3.63) is 114 Å². The van der Waals surface area contributed by atoms with E-state index in [9.17, 15) is 9.59 Å². The topological polar surface area (TPSA) is 68.4 Å². The molecule has 0 aliphatic heterocycles. The van der Waals surface area contributed by atoms with Gasteiger partial charge in [-0.25, -0.2) is 4.98 Å². The van der Waals surface area contributed by atoms with Crippen molar-refractivity contribution >= 4 is 22.9 Å². The number of rotatable bonds is 8. The number of carbonyl (C=O) groups excluding carboxylic acids is 2. The normalized spacial score (nSPS) is 12.1. The minimum atomic E-state index is -0.663. The van der Waals surface area contributed by atoms with Crippen molar-refractivity contribution in [1.29, 1.82) is 0 Å². The highest BCUT2D eigenvalue weighted by atomic mass is 16.2. The first-order valence-corrected chi connectivity index (χ1v) is 12.9. The summed E-state index contributed by atoms with van der Waals surface area (Å²) >= 11 is 0. The summed E-state index contributed by atoms with van der Waals surface area (Å²) in [4.78, 5) is 31.3. The van der Waals surface area contributed by atoms with E-state index >= 15 is 0 Å². The van der Waals surface area contributed by atoms with Gasteiger partial charge in [-0.2, -0.15) is 0 Å². The molecule has 1 atom stereocenters. The Kier molecular flexibility index (Phi) is 6.97. The molecule has 0 saturated heterocycles. The van der Waals surface area contributed by atoms with Crippen LogP contribution in [0.5, 0.6) is 0 Å². The predicted molar refractivity (Wildman–Crippen MR) is 152 cm³/mol. The minimum absolute atomic E-state index is 0.244. The highest BCUT2D eigenvalue weighted by molar-refractivity contribution is 6.47. The molecule has 38 heavy (non-hydrogen) atoms. The number of pyridine rings is 1. The van der Waals surface area contributed by atoms with Crippen molar-refractivity contribution in [2.75, 3.05) is 5.32 Å². The van der Waals surface area contributed by atoms with Crippen molar-refractivity contribution in [2.24, 2.45) is 7.05 Å². The zero-order valence-electron chi connectivity index (χ0n) is 22.2. The van der Waals surface area contributed by atoms with Gasteiger partial charge in [-0.3, -0.25) is 9.59 Å². The SMILES string of the molecule is CC(C)c1ncc(C(C)Cc2cccc(NC(=O)C(=O)c3c(-c4ccccc4)cc4ccccn34)c2)n1C. The zero-order chi connectivity index (χ0) is 26.8. The second-order valence-corrected chi connectivity index (χ2v) is 10.1. The molecule has 0 aliphatic rings. The minimum Gasteiger partial charge on any atom is -0.335 e. The smallest absolute Gasteiger partial charge is 0.298 e. The van der Waals surface area contributed by atoms with Gasteiger partial charge in [-0.15, -0.1) is 0 Å². The number of amides is 1. The summed E-state index contributed by atoms with van der Waals surface area (Å²) in [5.74, 6) is 0.429. The molecule has 0 fully saturated rings. The van der Waals surface area contributed by atoms with Crippen LogP contribution in [0.4, 0.5) is 5.69 Å². The number of hydrogen-bond donors (Lipinski definition) is 1. The van der Waals surface area contributed by atoms with Crippen LogP contribution in [0.1, 0.15) is 60.2 Å². The molecule has 5 aromatic rings.